The lowest BCUT2D eigenvalue weighted by Crippen LogP contribution is -2.17. The zero-order chi connectivity index (χ0) is 11.4. The molecule has 0 aliphatic heterocycles. The summed E-state index contributed by atoms with van der Waals surface area (Å²) >= 11 is 3.38. The molecule has 0 saturated carbocycles. The standard InChI is InChI=1S/C11H14BrNO2.ClH/c1-7-5-8(12)3-4-9(7)10(13)6-11(14)15-2;/h3-5,10H,6,13H2,1-2H3;1H. The highest BCUT2D eigenvalue weighted by molar-refractivity contribution is 9.10. The molecule has 0 aliphatic rings. The van der Waals surface area contributed by atoms with Gasteiger partial charge in [0.1, 0.15) is 0 Å². The Morgan fingerprint density at radius 3 is 2.69 bits per heavy atom. The fraction of sp³-hybridized carbons (Fsp3) is 0.364. The minimum Gasteiger partial charge on any atom is -0.469 e. The number of hydrogen-bond acceptors (Lipinski definition) is 3. The van der Waals surface area contributed by atoms with E-state index in [4.69, 9.17) is 5.73 Å². The van der Waals surface area contributed by atoms with E-state index in [1.54, 1.807) is 0 Å². The zero-order valence-electron chi connectivity index (χ0n) is 9.20. The Labute approximate surface area is 110 Å². The van der Waals surface area contributed by atoms with Gasteiger partial charge in [0.05, 0.1) is 13.5 Å². The molecule has 1 atom stereocenters. The van der Waals surface area contributed by atoms with Crippen LogP contribution < -0.4 is 5.73 Å². The van der Waals surface area contributed by atoms with Crippen LogP contribution >= 0.6 is 28.3 Å². The van der Waals surface area contributed by atoms with Crippen LogP contribution in [0.4, 0.5) is 0 Å². The first kappa shape index (κ1) is 15.4. The second-order valence-corrected chi connectivity index (χ2v) is 4.30. The number of carbonyl (C=O) groups excluding carboxylic acids is 1. The minimum absolute atomic E-state index is 0. The van der Waals surface area contributed by atoms with Crippen molar-refractivity contribution in [2.45, 2.75) is 19.4 Å². The summed E-state index contributed by atoms with van der Waals surface area (Å²) in [7, 11) is 1.36. The summed E-state index contributed by atoms with van der Waals surface area (Å²) in [6.07, 6.45) is 0.207. The second kappa shape index (κ2) is 6.89. The van der Waals surface area contributed by atoms with Crippen molar-refractivity contribution in [3.8, 4) is 0 Å². The molecule has 0 spiro atoms. The molecule has 1 aromatic rings. The lowest BCUT2D eigenvalue weighted by atomic mass is 10.00. The topological polar surface area (TPSA) is 52.3 Å². The van der Waals surface area contributed by atoms with Crippen molar-refractivity contribution in [2.75, 3.05) is 7.11 Å². The predicted octanol–water partition coefficient (Wildman–Crippen LogP) is 2.74. The highest BCUT2D eigenvalue weighted by atomic mass is 79.9. The third kappa shape index (κ3) is 4.12. The summed E-state index contributed by atoms with van der Waals surface area (Å²) in [6, 6.07) is 5.52. The highest BCUT2D eigenvalue weighted by Crippen LogP contribution is 2.22. The largest absolute Gasteiger partial charge is 0.469 e. The van der Waals surface area contributed by atoms with Crippen molar-refractivity contribution in [2.24, 2.45) is 5.73 Å². The third-order valence-electron chi connectivity index (χ3n) is 2.25. The Balaban J connectivity index is 0.00000225. The van der Waals surface area contributed by atoms with E-state index in [-0.39, 0.29) is 30.8 Å². The summed E-state index contributed by atoms with van der Waals surface area (Å²) in [5.74, 6) is -0.287. The van der Waals surface area contributed by atoms with Gasteiger partial charge in [-0.2, -0.15) is 0 Å². The smallest absolute Gasteiger partial charge is 0.307 e. The fourth-order valence-electron chi connectivity index (χ4n) is 1.43. The van der Waals surface area contributed by atoms with Gasteiger partial charge in [-0.3, -0.25) is 4.79 Å². The lowest BCUT2D eigenvalue weighted by Gasteiger charge is -2.13. The fourth-order valence-corrected chi connectivity index (χ4v) is 1.90. The highest BCUT2D eigenvalue weighted by Gasteiger charge is 2.13. The van der Waals surface area contributed by atoms with Crippen LogP contribution in [0.15, 0.2) is 22.7 Å². The molecule has 5 heteroatoms. The minimum atomic E-state index is -0.300. The van der Waals surface area contributed by atoms with E-state index in [2.05, 4.69) is 20.7 Å². The van der Waals surface area contributed by atoms with Gasteiger partial charge in [-0.15, -0.1) is 12.4 Å². The number of carbonyl (C=O) groups is 1. The molecule has 0 radical (unpaired) electrons. The maximum Gasteiger partial charge on any atom is 0.307 e. The van der Waals surface area contributed by atoms with Gasteiger partial charge >= 0.3 is 5.97 Å². The molecule has 16 heavy (non-hydrogen) atoms. The summed E-state index contributed by atoms with van der Waals surface area (Å²) in [4.78, 5) is 11.1. The van der Waals surface area contributed by atoms with Gasteiger partial charge in [-0.05, 0) is 30.2 Å². The van der Waals surface area contributed by atoms with Gasteiger partial charge in [0.15, 0.2) is 0 Å². The monoisotopic (exact) mass is 307 g/mol. The number of aryl methyl sites for hydroxylation is 1. The Kier molecular flexibility index (Phi) is 6.64. The van der Waals surface area contributed by atoms with Crippen LogP contribution in [-0.2, 0) is 9.53 Å². The number of ether oxygens (including phenoxy) is 1. The SMILES string of the molecule is COC(=O)CC(N)c1ccc(Br)cc1C.Cl. The van der Waals surface area contributed by atoms with Crippen LogP contribution in [0.2, 0.25) is 0 Å². The molecule has 0 saturated heterocycles. The first-order valence-electron chi connectivity index (χ1n) is 4.63. The molecule has 1 unspecified atom stereocenters. The van der Waals surface area contributed by atoms with Crippen molar-refractivity contribution in [3.63, 3.8) is 0 Å². The first-order chi connectivity index (χ1) is 7.04. The second-order valence-electron chi connectivity index (χ2n) is 3.39. The quantitative estimate of drug-likeness (QED) is 0.874. The molecule has 1 rings (SSSR count). The Morgan fingerprint density at radius 2 is 2.19 bits per heavy atom. The summed E-state index contributed by atoms with van der Waals surface area (Å²) in [5.41, 5.74) is 7.95. The van der Waals surface area contributed by atoms with E-state index >= 15 is 0 Å². The summed E-state index contributed by atoms with van der Waals surface area (Å²) < 4.78 is 5.59. The predicted molar refractivity (Wildman–Crippen MR) is 69.7 cm³/mol. The lowest BCUT2D eigenvalue weighted by molar-refractivity contribution is -0.141. The van der Waals surface area contributed by atoms with E-state index < -0.39 is 0 Å². The molecule has 2 N–H and O–H groups in total. The normalized spacial score (nSPS) is 11.5. The maximum absolute atomic E-state index is 11.1. The summed E-state index contributed by atoms with van der Waals surface area (Å²) in [5, 5.41) is 0. The number of methoxy groups -OCH3 is 1. The van der Waals surface area contributed by atoms with Gasteiger partial charge in [0.2, 0.25) is 0 Å². The third-order valence-corrected chi connectivity index (χ3v) is 2.74. The van der Waals surface area contributed by atoms with Gasteiger partial charge in [0.25, 0.3) is 0 Å². The van der Waals surface area contributed by atoms with E-state index in [1.807, 2.05) is 25.1 Å². The molecule has 1 aromatic carbocycles. The Hall–Kier alpha value is -0.580. The average molecular weight is 309 g/mol. The molecule has 0 heterocycles. The molecule has 0 bridgehead atoms. The Bertz CT molecular complexity index is 371. The average Bonchev–Trinajstić information content (AvgIpc) is 2.17. The number of esters is 1. The van der Waals surface area contributed by atoms with Crippen molar-refractivity contribution >= 4 is 34.3 Å². The van der Waals surface area contributed by atoms with Gasteiger partial charge in [0, 0.05) is 10.5 Å². The molecule has 0 aliphatic carbocycles. The molecule has 90 valence electrons. The molecular formula is C11H15BrClNO2. The van der Waals surface area contributed by atoms with Crippen molar-refractivity contribution < 1.29 is 9.53 Å². The molecular weight excluding hydrogens is 293 g/mol. The van der Waals surface area contributed by atoms with Crippen LogP contribution in [0.1, 0.15) is 23.6 Å². The molecule has 0 amide bonds. The van der Waals surface area contributed by atoms with E-state index in [0.29, 0.717) is 0 Å². The van der Waals surface area contributed by atoms with Crippen LogP contribution in [0.3, 0.4) is 0 Å². The van der Waals surface area contributed by atoms with Crippen LogP contribution in [-0.4, -0.2) is 13.1 Å². The van der Waals surface area contributed by atoms with Crippen molar-refractivity contribution in [1.29, 1.82) is 0 Å². The number of nitrogens with two attached hydrogens (primary N) is 1. The molecule has 0 aromatic heterocycles. The molecule has 0 fully saturated rings. The number of rotatable bonds is 3. The van der Waals surface area contributed by atoms with Gasteiger partial charge in [-0.25, -0.2) is 0 Å². The van der Waals surface area contributed by atoms with Crippen LogP contribution in [0.5, 0.6) is 0 Å². The van der Waals surface area contributed by atoms with Crippen LogP contribution in [0.25, 0.3) is 0 Å². The van der Waals surface area contributed by atoms with Crippen molar-refractivity contribution in [1.82, 2.24) is 0 Å². The van der Waals surface area contributed by atoms with Gasteiger partial charge < -0.3 is 10.5 Å². The van der Waals surface area contributed by atoms with E-state index in [9.17, 15) is 4.79 Å². The number of benzene rings is 1. The maximum atomic E-state index is 11.1. The van der Waals surface area contributed by atoms with Gasteiger partial charge in [-0.1, -0.05) is 22.0 Å². The number of hydrogen-bond donors (Lipinski definition) is 1. The molecule has 3 nitrogen and oxygen atoms in total. The zero-order valence-corrected chi connectivity index (χ0v) is 11.6. The Morgan fingerprint density at radius 1 is 1.56 bits per heavy atom. The van der Waals surface area contributed by atoms with Crippen molar-refractivity contribution in [3.05, 3.63) is 33.8 Å². The first-order valence-corrected chi connectivity index (χ1v) is 5.42. The van der Waals surface area contributed by atoms with Crippen LogP contribution in [0, 0.1) is 6.92 Å². The van der Waals surface area contributed by atoms with E-state index in [1.165, 1.54) is 7.11 Å². The number of halogens is 2. The summed E-state index contributed by atoms with van der Waals surface area (Å²) in [6.45, 7) is 1.97. The van der Waals surface area contributed by atoms with E-state index in [0.717, 1.165) is 15.6 Å².